The molecule has 0 aromatic carbocycles. The molecule has 23 heavy (non-hydrogen) atoms. The molecule has 0 saturated carbocycles. The summed E-state index contributed by atoms with van der Waals surface area (Å²) >= 11 is 0. The number of amides is 1. The number of piperidine rings is 1. The fraction of sp³-hybridized carbons (Fsp3) is 0.944. The maximum Gasteiger partial charge on any atom is 0.410 e. The van der Waals surface area contributed by atoms with E-state index in [0.29, 0.717) is 12.6 Å². The highest BCUT2D eigenvalue weighted by Crippen LogP contribution is 2.37. The summed E-state index contributed by atoms with van der Waals surface area (Å²) in [5, 5.41) is 13.9. The van der Waals surface area contributed by atoms with Crippen LogP contribution in [0.4, 0.5) is 4.79 Å². The Labute approximate surface area is 140 Å². The third-order valence-electron chi connectivity index (χ3n) is 5.33. The Hall–Kier alpha value is -0.810. The number of carbonyl (C=O) groups is 1. The van der Waals surface area contributed by atoms with Crippen molar-refractivity contribution in [3.05, 3.63) is 0 Å². The summed E-state index contributed by atoms with van der Waals surface area (Å²) < 4.78 is 5.57. The first-order chi connectivity index (χ1) is 10.5. The number of nitrogens with one attached hydrogen (secondary N) is 1. The van der Waals surface area contributed by atoms with Gasteiger partial charge in [0.25, 0.3) is 0 Å². The summed E-state index contributed by atoms with van der Waals surface area (Å²) in [6, 6.07) is 0.909. The molecule has 1 amide bonds. The van der Waals surface area contributed by atoms with E-state index in [2.05, 4.69) is 5.32 Å². The Kier molecular flexibility index (Phi) is 5.31. The van der Waals surface area contributed by atoms with Gasteiger partial charge in [0.1, 0.15) is 5.60 Å². The van der Waals surface area contributed by atoms with Crippen molar-refractivity contribution in [2.45, 2.75) is 96.6 Å². The summed E-state index contributed by atoms with van der Waals surface area (Å²) in [6.07, 6.45) is 3.84. The predicted molar refractivity (Wildman–Crippen MR) is 91.4 cm³/mol. The molecule has 134 valence electrons. The highest BCUT2D eigenvalue weighted by molar-refractivity contribution is 5.69. The van der Waals surface area contributed by atoms with E-state index in [4.69, 9.17) is 4.74 Å². The van der Waals surface area contributed by atoms with Gasteiger partial charge in [-0.05, 0) is 59.3 Å². The standard InChI is InChI=1S/C18H34N2O3/c1-12(2)18(6,22)11-19-13-9-14-7-8-15(10-13)20(14)16(21)23-17(3,4)5/h12-15,19,22H,7-11H2,1-6H3. The average Bonchev–Trinajstić information content (AvgIpc) is 2.66. The van der Waals surface area contributed by atoms with Gasteiger partial charge in [0.2, 0.25) is 0 Å². The molecule has 3 atom stereocenters. The second-order valence-electron chi connectivity index (χ2n) is 8.83. The lowest BCUT2D eigenvalue weighted by Gasteiger charge is -2.40. The minimum absolute atomic E-state index is 0.169. The van der Waals surface area contributed by atoms with E-state index >= 15 is 0 Å². The normalized spacial score (nSPS) is 30.4. The predicted octanol–water partition coefficient (Wildman–Crippen LogP) is 2.91. The largest absolute Gasteiger partial charge is 0.444 e. The van der Waals surface area contributed by atoms with Gasteiger partial charge in [0.05, 0.1) is 5.60 Å². The quantitative estimate of drug-likeness (QED) is 0.834. The van der Waals surface area contributed by atoms with E-state index in [-0.39, 0.29) is 24.1 Å². The fourth-order valence-electron chi connectivity index (χ4n) is 3.51. The van der Waals surface area contributed by atoms with Crippen molar-refractivity contribution in [1.82, 2.24) is 10.2 Å². The van der Waals surface area contributed by atoms with E-state index < -0.39 is 11.2 Å². The zero-order valence-electron chi connectivity index (χ0n) is 15.6. The van der Waals surface area contributed by atoms with Crippen LogP contribution in [0.15, 0.2) is 0 Å². The van der Waals surface area contributed by atoms with Gasteiger partial charge in [-0.25, -0.2) is 4.79 Å². The van der Waals surface area contributed by atoms with Gasteiger partial charge in [-0.15, -0.1) is 0 Å². The Balaban J connectivity index is 1.91. The van der Waals surface area contributed by atoms with Crippen LogP contribution >= 0.6 is 0 Å². The minimum Gasteiger partial charge on any atom is -0.444 e. The van der Waals surface area contributed by atoms with Gasteiger partial charge in [-0.2, -0.15) is 0 Å². The number of nitrogens with zero attached hydrogens (tertiary/aromatic N) is 1. The number of hydrogen-bond donors (Lipinski definition) is 2. The number of aliphatic hydroxyl groups is 1. The Morgan fingerprint density at radius 3 is 2.17 bits per heavy atom. The smallest absolute Gasteiger partial charge is 0.410 e. The molecule has 2 rings (SSSR count). The van der Waals surface area contributed by atoms with E-state index in [1.807, 2.05) is 46.4 Å². The van der Waals surface area contributed by atoms with Crippen LogP contribution in [0.3, 0.4) is 0 Å². The van der Waals surface area contributed by atoms with E-state index in [1.165, 1.54) is 0 Å². The SMILES string of the molecule is CC(C)C(C)(O)CNC1CC2CCC(C1)N2C(=O)OC(C)(C)C. The number of ether oxygens (including phenoxy) is 1. The lowest BCUT2D eigenvalue weighted by atomic mass is 9.91. The number of hydrogen-bond acceptors (Lipinski definition) is 4. The first-order valence-corrected chi connectivity index (χ1v) is 8.96. The van der Waals surface area contributed by atoms with Gasteiger partial charge in [-0.1, -0.05) is 13.8 Å². The van der Waals surface area contributed by atoms with Crippen LogP contribution < -0.4 is 5.32 Å². The summed E-state index contributed by atoms with van der Waals surface area (Å²) in [7, 11) is 0. The third-order valence-corrected chi connectivity index (χ3v) is 5.33. The molecule has 2 bridgehead atoms. The molecule has 2 fully saturated rings. The summed E-state index contributed by atoms with van der Waals surface area (Å²) in [5.41, 5.74) is -1.14. The number of carbonyl (C=O) groups excluding carboxylic acids is 1. The Morgan fingerprint density at radius 2 is 1.74 bits per heavy atom. The van der Waals surface area contributed by atoms with Gasteiger partial charge >= 0.3 is 6.09 Å². The summed E-state index contributed by atoms with van der Waals surface area (Å²) in [6.45, 7) is 12.3. The molecule has 0 radical (unpaired) electrons. The molecule has 0 aromatic heterocycles. The zero-order chi connectivity index (χ0) is 17.4. The molecule has 2 saturated heterocycles. The molecule has 5 heteroatoms. The van der Waals surface area contributed by atoms with Crippen molar-refractivity contribution in [3.63, 3.8) is 0 Å². The lowest BCUT2D eigenvalue weighted by Crippen LogP contribution is -2.54. The van der Waals surface area contributed by atoms with Crippen LogP contribution in [0.5, 0.6) is 0 Å². The van der Waals surface area contributed by atoms with Crippen molar-refractivity contribution in [2.75, 3.05) is 6.54 Å². The van der Waals surface area contributed by atoms with Gasteiger partial charge < -0.3 is 20.1 Å². The van der Waals surface area contributed by atoms with Crippen LogP contribution in [0, 0.1) is 5.92 Å². The Bertz CT molecular complexity index is 414. The molecular weight excluding hydrogens is 292 g/mol. The fourth-order valence-corrected chi connectivity index (χ4v) is 3.51. The lowest BCUT2D eigenvalue weighted by molar-refractivity contribution is -0.00428. The van der Waals surface area contributed by atoms with Gasteiger partial charge in [0, 0.05) is 24.7 Å². The van der Waals surface area contributed by atoms with Crippen molar-refractivity contribution >= 4 is 6.09 Å². The highest BCUT2D eigenvalue weighted by Gasteiger charge is 2.45. The van der Waals surface area contributed by atoms with E-state index in [0.717, 1.165) is 25.7 Å². The maximum absolute atomic E-state index is 12.4. The summed E-state index contributed by atoms with van der Waals surface area (Å²) in [4.78, 5) is 14.4. The van der Waals surface area contributed by atoms with E-state index in [1.54, 1.807) is 0 Å². The molecule has 0 aromatic rings. The maximum atomic E-state index is 12.4. The highest BCUT2D eigenvalue weighted by atomic mass is 16.6. The molecule has 2 heterocycles. The summed E-state index contributed by atoms with van der Waals surface area (Å²) in [5.74, 6) is 0.216. The monoisotopic (exact) mass is 326 g/mol. The van der Waals surface area contributed by atoms with Crippen molar-refractivity contribution < 1.29 is 14.6 Å². The Morgan fingerprint density at radius 1 is 1.22 bits per heavy atom. The van der Waals surface area contributed by atoms with Crippen molar-refractivity contribution in [3.8, 4) is 0 Å². The molecule has 5 nitrogen and oxygen atoms in total. The molecule has 2 aliphatic heterocycles. The van der Waals surface area contributed by atoms with Crippen LogP contribution in [0.1, 0.15) is 67.2 Å². The molecule has 0 spiro atoms. The molecule has 3 unspecified atom stereocenters. The van der Waals surface area contributed by atoms with Crippen molar-refractivity contribution in [2.24, 2.45) is 5.92 Å². The van der Waals surface area contributed by atoms with Crippen LogP contribution in [-0.2, 0) is 4.74 Å². The van der Waals surface area contributed by atoms with E-state index in [9.17, 15) is 9.90 Å². The molecule has 0 aliphatic carbocycles. The second kappa shape index (κ2) is 6.60. The minimum atomic E-state index is -0.693. The molecule has 2 aliphatic rings. The molecular formula is C18H34N2O3. The van der Waals surface area contributed by atoms with Crippen molar-refractivity contribution in [1.29, 1.82) is 0 Å². The zero-order valence-corrected chi connectivity index (χ0v) is 15.6. The number of rotatable bonds is 4. The topological polar surface area (TPSA) is 61.8 Å². The van der Waals surface area contributed by atoms with Crippen LogP contribution in [0.2, 0.25) is 0 Å². The van der Waals surface area contributed by atoms with Gasteiger partial charge in [0.15, 0.2) is 0 Å². The first-order valence-electron chi connectivity index (χ1n) is 8.96. The van der Waals surface area contributed by atoms with Gasteiger partial charge in [-0.3, -0.25) is 0 Å². The average molecular weight is 326 g/mol. The molecule has 2 N–H and O–H groups in total. The third kappa shape index (κ3) is 4.60. The number of fused-ring (bicyclic) bond motifs is 2. The first kappa shape index (κ1) is 18.5. The van der Waals surface area contributed by atoms with Crippen LogP contribution in [0.25, 0.3) is 0 Å². The van der Waals surface area contributed by atoms with Crippen LogP contribution in [-0.4, -0.2) is 52.0 Å². The second-order valence-corrected chi connectivity index (χ2v) is 8.83.